The van der Waals surface area contributed by atoms with Crippen molar-refractivity contribution in [2.24, 2.45) is 0 Å². The second-order valence-corrected chi connectivity index (χ2v) is 7.68. The molecule has 5 aromatic rings. The van der Waals surface area contributed by atoms with Gasteiger partial charge in [-0.3, -0.25) is 9.59 Å². The van der Waals surface area contributed by atoms with Gasteiger partial charge in [0.1, 0.15) is 28.2 Å². The zero-order valence-electron chi connectivity index (χ0n) is 15.5. The van der Waals surface area contributed by atoms with Gasteiger partial charge in [0.05, 0.1) is 21.2 Å². The third kappa shape index (κ3) is 3.11. The Morgan fingerprint density at radius 1 is 1.03 bits per heavy atom. The smallest absolute Gasteiger partial charge is 0.262 e. The number of phenolic OH excluding ortho intramolecular Hbond substituents is 1. The highest BCUT2D eigenvalue weighted by Gasteiger charge is 2.16. The van der Waals surface area contributed by atoms with Crippen molar-refractivity contribution in [2.75, 3.05) is 5.32 Å². The highest BCUT2D eigenvalue weighted by atomic mass is 32.1. The van der Waals surface area contributed by atoms with Gasteiger partial charge in [-0.05, 0) is 42.5 Å². The number of hydrogen-bond acceptors (Lipinski definition) is 6. The molecule has 2 aromatic heterocycles. The summed E-state index contributed by atoms with van der Waals surface area (Å²) in [4.78, 5) is 29.9. The molecule has 0 unspecified atom stereocenters. The number of hydrogen-bond donors (Lipinski definition) is 2. The number of carbonyl (C=O) groups is 1. The highest BCUT2D eigenvalue weighted by Crippen LogP contribution is 2.36. The van der Waals surface area contributed by atoms with Crippen LogP contribution in [0.3, 0.4) is 0 Å². The number of aromatic nitrogens is 1. The van der Waals surface area contributed by atoms with Gasteiger partial charge in [0, 0.05) is 5.69 Å². The van der Waals surface area contributed by atoms with Crippen molar-refractivity contribution in [1.82, 2.24) is 4.98 Å². The number of rotatable bonds is 3. The van der Waals surface area contributed by atoms with Crippen molar-refractivity contribution in [3.05, 3.63) is 88.8 Å². The molecule has 5 rings (SSSR count). The summed E-state index contributed by atoms with van der Waals surface area (Å²) in [5.74, 6) is -0.535. The van der Waals surface area contributed by atoms with Gasteiger partial charge in [0.2, 0.25) is 5.43 Å². The van der Waals surface area contributed by atoms with Gasteiger partial charge in [-0.2, -0.15) is 0 Å². The topological polar surface area (TPSA) is 92.4 Å². The lowest BCUT2D eigenvalue weighted by Crippen LogP contribution is -2.21. The summed E-state index contributed by atoms with van der Waals surface area (Å²) in [6.45, 7) is 0. The minimum Gasteiger partial charge on any atom is -0.507 e. The van der Waals surface area contributed by atoms with Gasteiger partial charge in [0.15, 0.2) is 0 Å². The average Bonchev–Trinajstić information content (AvgIpc) is 3.19. The first-order valence-electron chi connectivity index (χ1n) is 9.11. The predicted molar refractivity (Wildman–Crippen MR) is 117 cm³/mol. The zero-order valence-corrected chi connectivity index (χ0v) is 16.3. The number of anilines is 1. The summed E-state index contributed by atoms with van der Waals surface area (Å²) in [5, 5.41) is 14.0. The Morgan fingerprint density at radius 3 is 2.70 bits per heavy atom. The molecular weight excluding hydrogens is 400 g/mol. The van der Waals surface area contributed by atoms with Gasteiger partial charge in [0.25, 0.3) is 5.91 Å². The summed E-state index contributed by atoms with van der Waals surface area (Å²) in [6, 6.07) is 19.1. The fraction of sp³-hybridized carbons (Fsp3) is 0. The van der Waals surface area contributed by atoms with Crippen LogP contribution in [-0.4, -0.2) is 16.0 Å². The molecule has 0 aliphatic carbocycles. The van der Waals surface area contributed by atoms with E-state index in [4.69, 9.17) is 4.42 Å². The van der Waals surface area contributed by atoms with Gasteiger partial charge in [-0.1, -0.05) is 24.3 Å². The number of benzene rings is 3. The van der Waals surface area contributed by atoms with Gasteiger partial charge in [-0.25, -0.2) is 4.98 Å². The molecule has 7 heteroatoms. The maximum atomic E-state index is 12.7. The molecule has 0 bridgehead atoms. The summed E-state index contributed by atoms with van der Waals surface area (Å²) in [5.41, 5.74) is 1.68. The van der Waals surface area contributed by atoms with Crippen molar-refractivity contribution in [3.63, 3.8) is 0 Å². The number of nitrogens with one attached hydrogen (secondary N) is 1. The Balaban J connectivity index is 1.50. The van der Waals surface area contributed by atoms with Crippen LogP contribution in [0.4, 0.5) is 5.69 Å². The van der Waals surface area contributed by atoms with E-state index < -0.39 is 11.3 Å². The summed E-state index contributed by atoms with van der Waals surface area (Å²) >= 11 is 1.44. The van der Waals surface area contributed by atoms with Crippen LogP contribution in [0, 0.1) is 0 Å². The molecule has 0 spiro atoms. The van der Waals surface area contributed by atoms with Crippen molar-refractivity contribution < 1.29 is 14.3 Å². The van der Waals surface area contributed by atoms with Crippen LogP contribution in [0.2, 0.25) is 0 Å². The van der Waals surface area contributed by atoms with Crippen LogP contribution in [0.25, 0.3) is 31.8 Å². The highest BCUT2D eigenvalue weighted by molar-refractivity contribution is 7.21. The van der Waals surface area contributed by atoms with E-state index in [9.17, 15) is 14.7 Å². The maximum Gasteiger partial charge on any atom is 0.262 e. The van der Waals surface area contributed by atoms with Crippen LogP contribution in [0.1, 0.15) is 10.4 Å². The van der Waals surface area contributed by atoms with Gasteiger partial charge in [-0.15, -0.1) is 11.3 Å². The fourth-order valence-electron chi connectivity index (χ4n) is 3.21. The third-order valence-corrected chi connectivity index (χ3v) is 5.77. The van der Waals surface area contributed by atoms with Crippen molar-refractivity contribution in [1.29, 1.82) is 0 Å². The first-order chi connectivity index (χ1) is 14.6. The van der Waals surface area contributed by atoms with Crippen LogP contribution in [-0.2, 0) is 0 Å². The lowest BCUT2D eigenvalue weighted by Gasteiger charge is -2.08. The van der Waals surface area contributed by atoms with E-state index in [-0.39, 0.29) is 11.3 Å². The van der Waals surface area contributed by atoms with Crippen molar-refractivity contribution in [3.8, 4) is 16.3 Å². The quantitative estimate of drug-likeness (QED) is 0.404. The average molecular weight is 414 g/mol. The molecule has 0 saturated heterocycles. The van der Waals surface area contributed by atoms with Crippen molar-refractivity contribution in [2.45, 2.75) is 0 Å². The SMILES string of the molecule is O=C(Nc1ccc(O)c(-c2nc3ccccc3s2)c1)c1coc2ccccc2c1=O. The Morgan fingerprint density at radius 2 is 1.83 bits per heavy atom. The predicted octanol–water partition coefficient (Wildman–Crippen LogP) is 5.03. The Labute approximate surface area is 174 Å². The monoisotopic (exact) mass is 414 g/mol. The molecule has 2 N–H and O–H groups in total. The molecule has 0 fully saturated rings. The third-order valence-electron chi connectivity index (χ3n) is 4.70. The molecule has 30 heavy (non-hydrogen) atoms. The summed E-state index contributed by atoms with van der Waals surface area (Å²) in [7, 11) is 0. The first kappa shape index (κ1) is 18.1. The molecule has 0 saturated carbocycles. The number of carbonyl (C=O) groups excluding carboxylic acids is 1. The lowest BCUT2D eigenvalue weighted by atomic mass is 10.1. The molecular formula is C23H14N2O4S. The number of amides is 1. The van der Waals surface area contributed by atoms with E-state index in [1.807, 2.05) is 24.3 Å². The molecule has 146 valence electrons. The van der Waals surface area contributed by atoms with Gasteiger partial charge >= 0.3 is 0 Å². The minimum absolute atomic E-state index is 0.0530. The van der Waals surface area contributed by atoms with Crippen molar-refractivity contribution >= 4 is 44.1 Å². The summed E-state index contributed by atoms with van der Waals surface area (Å²) < 4.78 is 6.41. The number of para-hydroxylation sites is 2. The number of aromatic hydroxyl groups is 1. The summed E-state index contributed by atoms with van der Waals surface area (Å²) in [6.07, 6.45) is 1.16. The minimum atomic E-state index is -0.588. The van der Waals surface area contributed by atoms with E-state index in [1.54, 1.807) is 36.4 Å². The van der Waals surface area contributed by atoms with Crippen LogP contribution in [0.5, 0.6) is 5.75 Å². The molecule has 2 heterocycles. The normalized spacial score (nSPS) is 11.1. The number of fused-ring (bicyclic) bond motifs is 2. The standard InChI is InChI=1S/C23H14N2O4S/c26-18-10-9-13(11-15(18)23-25-17-6-2-4-8-20(17)30-23)24-22(28)16-12-29-19-7-3-1-5-14(19)21(16)27/h1-12,26H,(H,24,28). The van der Waals surface area contributed by atoms with E-state index in [2.05, 4.69) is 10.3 Å². The molecule has 6 nitrogen and oxygen atoms in total. The molecule has 0 atom stereocenters. The van der Waals surface area contributed by atoms with Gasteiger partial charge < -0.3 is 14.8 Å². The van der Waals surface area contributed by atoms with Crippen LogP contribution < -0.4 is 10.7 Å². The second-order valence-electron chi connectivity index (χ2n) is 6.65. The molecule has 0 aliphatic heterocycles. The van der Waals surface area contributed by atoms with Crippen LogP contribution >= 0.6 is 11.3 Å². The number of thiazole rings is 1. The van der Waals surface area contributed by atoms with Crippen LogP contribution in [0.15, 0.2) is 82.2 Å². The Hall–Kier alpha value is -3.97. The molecule has 0 aliphatic rings. The number of phenols is 1. The molecule has 0 radical (unpaired) electrons. The van der Waals surface area contributed by atoms with E-state index in [1.165, 1.54) is 17.4 Å². The Kier molecular flexibility index (Phi) is 4.30. The fourth-order valence-corrected chi connectivity index (χ4v) is 4.20. The zero-order chi connectivity index (χ0) is 20.7. The Bertz CT molecular complexity index is 1450. The largest absolute Gasteiger partial charge is 0.507 e. The molecule has 1 amide bonds. The second kappa shape index (κ2) is 7.13. The number of nitrogens with zero attached hydrogens (tertiary/aromatic N) is 1. The molecule has 3 aromatic carbocycles. The van der Waals surface area contributed by atoms with E-state index in [0.717, 1.165) is 16.5 Å². The maximum absolute atomic E-state index is 12.7. The first-order valence-corrected chi connectivity index (χ1v) is 9.93. The van der Waals surface area contributed by atoms with E-state index >= 15 is 0 Å². The lowest BCUT2D eigenvalue weighted by molar-refractivity contribution is 0.102. The van der Waals surface area contributed by atoms with E-state index in [0.29, 0.717) is 27.2 Å².